The molecule has 2 aromatic rings. The van der Waals surface area contributed by atoms with Crippen molar-refractivity contribution in [2.75, 3.05) is 18.5 Å². The number of anilines is 1. The number of benzene rings is 1. The highest BCUT2D eigenvalue weighted by Gasteiger charge is 2.31. The largest absolute Gasteiger partial charge is 0.462 e. The standard InChI is InChI=1S/C24H32N2O5S2/c1-5-26(19-10-8-7-9-11-19)33(29,30)20-14-12-18(13-15-20)22(27)25-23-21(24(28)31-6-2)16(3)17(4)32-23/h12-15,19H,5-11H2,1-4H3,(H,25,27). The van der Waals surface area contributed by atoms with Crippen LogP contribution in [0.5, 0.6) is 0 Å². The molecule has 3 rings (SSSR count). The maximum Gasteiger partial charge on any atom is 0.341 e. The molecule has 0 atom stereocenters. The van der Waals surface area contributed by atoms with Crippen LogP contribution in [0, 0.1) is 13.8 Å². The zero-order valence-corrected chi connectivity index (χ0v) is 21.3. The molecule has 1 amide bonds. The van der Waals surface area contributed by atoms with E-state index in [1.807, 2.05) is 20.8 Å². The minimum atomic E-state index is -3.64. The highest BCUT2D eigenvalue weighted by atomic mass is 32.2. The number of thiophene rings is 1. The minimum absolute atomic E-state index is 0.0309. The number of sulfonamides is 1. The fourth-order valence-corrected chi connectivity index (χ4v) is 6.98. The van der Waals surface area contributed by atoms with Crippen molar-refractivity contribution < 1.29 is 22.7 Å². The summed E-state index contributed by atoms with van der Waals surface area (Å²) in [7, 11) is -3.64. The molecule has 7 nitrogen and oxygen atoms in total. The Bertz CT molecular complexity index is 1100. The molecular formula is C24H32N2O5S2. The van der Waals surface area contributed by atoms with Gasteiger partial charge in [-0.2, -0.15) is 4.31 Å². The number of ether oxygens (including phenoxy) is 1. The molecule has 1 aliphatic carbocycles. The average Bonchev–Trinajstić information content (AvgIpc) is 3.08. The molecule has 1 fully saturated rings. The molecule has 1 aromatic carbocycles. The summed E-state index contributed by atoms with van der Waals surface area (Å²) in [4.78, 5) is 26.3. The van der Waals surface area contributed by atoms with Crippen LogP contribution in [0.15, 0.2) is 29.2 Å². The van der Waals surface area contributed by atoms with Crippen LogP contribution in [0.2, 0.25) is 0 Å². The van der Waals surface area contributed by atoms with Gasteiger partial charge in [0.05, 0.1) is 17.1 Å². The summed E-state index contributed by atoms with van der Waals surface area (Å²) >= 11 is 1.31. The average molecular weight is 493 g/mol. The first kappa shape index (κ1) is 25.4. The molecule has 1 aromatic heterocycles. The summed E-state index contributed by atoms with van der Waals surface area (Å²) in [5.41, 5.74) is 1.45. The van der Waals surface area contributed by atoms with Gasteiger partial charge in [0.1, 0.15) is 5.00 Å². The van der Waals surface area contributed by atoms with E-state index in [0.717, 1.165) is 42.5 Å². The molecule has 1 saturated carbocycles. The number of hydrogen-bond donors (Lipinski definition) is 1. The molecule has 9 heteroatoms. The number of carbonyl (C=O) groups excluding carboxylic acids is 2. The smallest absolute Gasteiger partial charge is 0.341 e. The first-order valence-corrected chi connectivity index (χ1v) is 13.7. The molecule has 1 heterocycles. The highest BCUT2D eigenvalue weighted by molar-refractivity contribution is 7.89. The molecule has 0 aliphatic heterocycles. The van der Waals surface area contributed by atoms with Crippen molar-refractivity contribution in [3.8, 4) is 0 Å². The van der Waals surface area contributed by atoms with Crippen LogP contribution in [-0.2, 0) is 14.8 Å². The lowest BCUT2D eigenvalue weighted by molar-refractivity contribution is 0.0527. The first-order valence-electron chi connectivity index (χ1n) is 11.4. The third-order valence-corrected chi connectivity index (χ3v) is 9.27. The second-order valence-corrected chi connectivity index (χ2v) is 11.3. The molecular weight excluding hydrogens is 460 g/mol. The number of aryl methyl sites for hydroxylation is 1. The van der Waals surface area contributed by atoms with Crippen LogP contribution in [-0.4, -0.2) is 43.8 Å². The van der Waals surface area contributed by atoms with Gasteiger partial charge in [-0.25, -0.2) is 13.2 Å². The van der Waals surface area contributed by atoms with Crippen molar-refractivity contribution in [2.45, 2.75) is 70.7 Å². The van der Waals surface area contributed by atoms with E-state index in [-0.39, 0.29) is 17.5 Å². The summed E-state index contributed by atoms with van der Waals surface area (Å²) < 4.78 is 33.2. The van der Waals surface area contributed by atoms with Crippen molar-refractivity contribution >= 4 is 38.2 Å². The van der Waals surface area contributed by atoms with Crippen LogP contribution in [0.25, 0.3) is 0 Å². The van der Waals surface area contributed by atoms with Crippen LogP contribution in [0.3, 0.4) is 0 Å². The number of carbonyl (C=O) groups is 2. The molecule has 0 unspecified atom stereocenters. The second-order valence-electron chi connectivity index (χ2n) is 8.19. The van der Waals surface area contributed by atoms with Gasteiger partial charge in [0, 0.05) is 23.0 Å². The van der Waals surface area contributed by atoms with E-state index in [2.05, 4.69) is 5.32 Å². The van der Waals surface area contributed by atoms with Crippen molar-refractivity contribution in [1.82, 2.24) is 4.31 Å². The third-order valence-electron chi connectivity index (χ3n) is 6.11. The first-order chi connectivity index (χ1) is 15.7. The van der Waals surface area contributed by atoms with E-state index in [4.69, 9.17) is 4.74 Å². The van der Waals surface area contributed by atoms with E-state index in [1.165, 1.54) is 35.6 Å². The van der Waals surface area contributed by atoms with Crippen LogP contribution in [0.1, 0.15) is 77.1 Å². The van der Waals surface area contributed by atoms with E-state index in [1.54, 1.807) is 11.2 Å². The van der Waals surface area contributed by atoms with Gasteiger partial charge in [-0.1, -0.05) is 26.2 Å². The number of rotatable bonds is 8. The minimum Gasteiger partial charge on any atom is -0.462 e. The molecule has 1 aliphatic rings. The zero-order chi connectivity index (χ0) is 24.2. The Kier molecular flexibility index (Phi) is 8.31. The Hall–Kier alpha value is -2.23. The maximum atomic E-state index is 13.2. The summed E-state index contributed by atoms with van der Waals surface area (Å²) in [6, 6.07) is 6.01. The van der Waals surface area contributed by atoms with Crippen molar-refractivity contribution in [1.29, 1.82) is 0 Å². The Morgan fingerprint density at radius 2 is 1.73 bits per heavy atom. The maximum absolute atomic E-state index is 13.2. The Balaban J connectivity index is 1.80. The predicted molar refractivity (Wildman–Crippen MR) is 131 cm³/mol. The van der Waals surface area contributed by atoms with Gasteiger partial charge in [-0.3, -0.25) is 4.79 Å². The molecule has 180 valence electrons. The van der Waals surface area contributed by atoms with Gasteiger partial charge in [0.2, 0.25) is 10.0 Å². The van der Waals surface area contributed by atoms with Crippen LogP contribution < -0.4 is 5.32 Å². The van der Waals surface area contributed by atoms with Gasteiger partial charge in [-0.05, 0) is 63.4 Å². The third kappa shape index (κ3) is 5.47. The molecule has 0 saturated heterocycles. The molecule has 1 N–H and O–H groups in total. The van der Waals surface area contributed by atoms with Crippen LogP contribution in [0.4, 0.5) is 5.00 Å². The number of hydrogen-bond acceptors (Lipinski definition) is 6. The molecule has 0 bridgehead atoms. The Morgan fingerprint density at radius 1 is 1.09 bits per heavy atom. The topological polar surface area (TPSA) is 92.8 Å². The van der Waals surface area contributed by atoms with Gasteiger partial charge < -0.3 is 10.1 Å². The monoisotopic (exact) mass is 492 g/mol. The summed E-state index contributed by atoms with van der Waals surface area (Å²) in [6.45, 7) is 7.95. The molecule has 0 radical (unpaired) electrons. The number of nitrogens with one attached hydrogen (secondary N) is 1. The lowest BCUT2D eigenvalue weighted by Gasteiger charge is -2.32. The van der Waals surface area contributed by atoms with Gasteiger partial charge >= 0.3 is 5.97 Å². The van der Waals surface area contributed by atoms with E-state index < -0.39 is 21.9 Å². The fourth-order valence-electron chi connectivity index (χ4n) is 4.25. The lowest BCUT2D eigenvalue weighted by Crippen LogP contribution is -2.41. The van der Waals surface area contributed by atoms with E-state index >= 15 is 0 Å². The molecule has 0 spiro atoms. The number of esters is 1. The fraction of sp³-hybridized carbons (Fsp3) is 0.500. The summed E-state index contributed by atoms with van der Waals surface area (Å²) in [5.74, 6) is -0.885. The van der Waals surface area contributed by atoms with Crippen molar-refractivity contribution in [2.24, 2.45) is 0 Å². The number of nitrogens with zero attached hydrogens (tertiary/aromatic N) is 1. The predicted octanol–water partition coefficient (Wildman–Crippen LogP) is 5.14. The van der Waals surface area contributed by atoms with Crippen molar-refractivity contribution in [3.63, 3.8) is 0 Å². The summed E-state index contributed by atoms with van der Waals surface area (Å²) in [6.07, 6.45) is 5.02. The highest BCUT2D eigenvalue weighted by Crippen LogP contribution is 2.33. The van der Waals surface area contributed by atoms with Crippen LogP contribution >= 0.6 is 11.3 Å². The van der Waals surface area contributed by atoms with Gasteiger partial charge in [0.15, 0.2) is 0 Å². The number of amides is 1. The van der Waals surface area contributed by atoms with Gasteiger partial charge in [0.25, 0.3) is 5.91 Å². The normalized spacial score (nSPS) is 14.9. The Morgan fingerprint density at radius 3 is 2.30 bits per heavy atom. The SMILES string of the molecule is CCOC(=O)c1c(NC(=O)c2ccc(S(=O)(=O)N(CC)C3CCCCC3)cc2)sc(C)c1C. The quantitative estimate of drug-likeness (QED) is 0.515. The van der Waals surface area contributed by atoms with Gasteiger partial charge in [-0.15, -0.1) is 11.3 Å². The second kappa shape index (κ2) is 10.8. The van der Waals surface area contributed by atoms with Crippen molar-refractivity contribution in [3.05, 3.63) is 45.8 Å². The zero-order valence-electron chi connectivity index (χ0n) is 19.6. The summed E-state index contributed by atoms with van der Waals surface area (Å²) in [5, 5.41) is 3.22. The lowest BCUT2D eigenvalue weighted by atomic mass is 9.95. The molecule has 33 heavy (non-hydrogen) atoms. The van der Waals surface area contributed by atoms with E-state index in [9.17, 15) is 18.0 Å². The van der Waals surface area contributed by atoms with E-state index in [0.29, 0.717) is 22.7 Å². The Labute approximate surface area is 200 Å².